The summed E-state index contributed by atoms with van der Waals surface area (Å²) in [5, 5.41) is 3.43. The summed E-state index contributed by atoms with van der Waals surface area (Å²) in [4.78, 5) is 16.3. The van der Waals surface area contributed by atoms with Crippen molar-refractivity contribution in [2.75, 3.05) is 44.8 Å². The molecule has 3 N–H and O–H groups in total. The lowest BCUT2D eigenvalue weighted by Gasteiger charge is -2.24. The van der Waals surface area contributed by atoms with Crippen molar-refractivity contribution < 1.29 is 4.79 Å². The van der Waals surface area contributed by atoms with Crippen molar-refractivity contribution in [1.29, 1.82) is 0 Å². The summed E-state index contributed by atoms with van der Waals surface area (Å²) in [7, 11) is 3.52. The molecule has 0 radical (unpaired) electrons. The van der Waals surface area contributed by atoms with E-state index in [1.165, 1.54) is 19.4 Å². The van der Waals surface area contributed by atoms with E-state index >= 15 is 0 Å². The number of carbonyl (C=O) groups excluding carboxylic acids is 1. The highest BCUT2D eigenvalue weighted by atomic mass is 16.2. The van der Waals surface area contributed by atoms with Crippen LogP contribution in [0.15, 0.2) is 18.2 Å². The first-order chi connectivity index (χ1) is 10.0. The van der Waals surface area contributed by atoms with Crippen LogP contribution in [-0.4, -0.2) is 55.5 Å². The van der Waals surface area contributed by atoms with Gasteiger partial charge in [-0.1, -0.05) is 6.92 Å². The summed E-state index contributed by atoms with van der Waals surface area (Å²) in [6.07, 6.45) is 2.46. The number of anilines is 2. The minimum absolute atomic E-state index is 0.00345. The first-order valence-corrected chi connectivity index (χ1v) is 7.62. The Morgan fingerprint density at radius 3 is 2.90 bits per heavy atom. The summed E-state index contributed by atoms with van der Waals surface area (Å²) in [5.41, 5.74) is 8.04. The van der Waals surface area contributed by atoms with Crippen LogP contribution >= 0.6 is 0 Å². The summed E-state index contributed by atoms with van der Waals surface area (Å²) in [6.45, 7) is 5.29. The molecule has 1 aliphatic rings. The monoisotopic (exact) mass is 290 g/mol. The molecule has 1 saturated heterocycles. The van der Waals surface area contributed by atoms with Gasteiger partial charge in [0.2, 0.25) is 0 Å². The Balaban J connectivity index is 2.11. The molecule has 1 heterocycles. The van der Waals surface area contributed by atoms with Crippen LogP contribution in [0.1, 0.15) is 30.1 Å². The fraction of sp³-hybridized carbons (Fsp3) is 0.562. The smallest absolute Gasteiger partial charge is 0.255 e. The van der Waals surface area contributed by atoms with Gasteiger partial charge in [0, 0.05) is 38.1 Å². The Bertz CT molecular complexity index is 501. The van der Waals surface area contributed by atoms with Crippen LogP contribution in [0.25, 0.3) is 0 Å². The average Bonchev–Trinajstić information content (AvgIpc) is 2.91. The van der Waals surface area contributed by atoms with Gasteiger partial charge in [-0.25, -0.2) is 0 Å². The Labute approximate surface area is 127 Å². The van der Waals surface area contributed by atoms with E-state index in [0.717, 1.165) is 18.8 Å². The number of nitrogens with zero attached hydrogens (tertiary/aromatic N) is 2. The molecular weight excluding hydrogens is 264 g/mol. The molecule has 5 nitrogen and oxygen atoms in total. The van der Waals surface area contributed by atoms with Crippen molar-refractivity contribution in [2.24, 2.45) is 0 Å². The summed E-state index contributed by atoms with van der Waals surface area (Å²) >= 11 is 0. The van der Waals surface area contributed by atoms with Crippen LogP contribution in [0.3, 0.4) is 0 Å². The first-order valence-electron chi connectivity index (χ1n) is 7.62. The zero-order valence-corrected chi connectivity index (χ0v) is 13.2. The molecule has 116 valence electrons. The van der Waals surface area contributed by atoms with Crippen molar-refractivity contribution in [1.82, 2.24) is 9.80 Å². The summed E-state index contributed by atoms with van der Waals surface area (Å²) < 4.78 is 0. The molecule has 1 fully saturated rings. The van der Waals surface area contributed by atoms with Crippen LogP contribution in [0, 0.1) is 0 Å². The molecule has 1 aromatic rings. The van der Waals surface area contributed by atoms with E-state index in [0.29, 0.717) is 17.3 Å². The van der Waals surface area contributed by atoms with Crippen molar-refractivity contribution >= 4 is 17.3 Å². The largest absolute Gasteiger partial charge is 0.399 e. The van der Waals surface area contributed by atoms with Gasteiger partial charge in [-0.3, -0.25) is 9.69 Å². The molecule has 0 bridgehead atoms. The van der Waals surface area contributed by atoms with E-state index in [9.17, 15) is 4.79 Å². The lowest BCUT2D eigenvalue weighted by molar-refractivity contribution is 0.0828. The second kappa shape index (κ2) is 6.80. The number of nitrogens with two attached hydrogens (primary N) is 1. The van der Waals surface area contributed by atoms with Gasteiger partial charge < -0.3 is 16.0 Å². The van der Waals surface area contributed by atoms with Crippen LogP contribution in [0.4, 0.5) is 11.4 Å². The minimum Gasteiger partial charge on any atom is -0.399 e. The molecule has 2 rings (SSSR count). The molecular formula is C16H26N4O. The first kappa shape index (κ1) is 15.6. The quantitative estimate of drug-likeness (QED) is 0.813. The van der Waals surface area contributed by atoms with Crippen LogP contribution in [0.5, 0.6) is 0 Å². The predicted molar refractivity (Wildman–Crippen MR) is 87.6 cm³/mol. The van der Waals surface area contributed by atoms with Gasteiger partial charge in [-0.15, -0.1) is 0 Å². The zero-order chi connectivity index (χ0) is 15.4. The van der Waals surface area contributed by atoms with Gasteiger partial charge in [-0.05, 0) is 44.1 Å². The standard InChI is InChI=1S/C16H26N4O/c1-4-20-9-5-6-13(20)11-18-15-10-12(17)7-8-14(15)16(21)19(2)3/h7-8,10,13,18H,4-6,9,11,17H2,1-3H3. The van der Waals surface area contributed by atoms with Crippen molar-refractivity contribution in [3.05, 3.63) is 23.8 Å². The van der Waals surface area contributed by atoms with Gasteiger partial charge in [-0.2, -0.15) is 0 Å². The predicted octanol–water partition coefficient (Wildman–Crippen LogP) is 1.87. The Morgan fingerprint density at radius 2 is 2.24 bits per heavy atom. The second-order valence-corrected chi connectivity index (χ2v) is 5.81. The number of nitrogens with one attached hydrogen (secondary N) is 1. The molecule has 0 saturated carbocycles. The fourth-order valence-corrected chi connectivity index (χ4v) is 2.91. The maximum atomic E-state index is 12.2. The second-order valence-electron chi connectivity index (χ2n) is 5.81. The lowest BCUT2D eigenvalue weighted by atomic mass is 10.1. The van der Waals surface area contributed by atoms with Crippen LogP contribution in [-0.2, 0) is 0 Å². The number of hydrogen-bond donors (Lipinski definition) is 2. The highest BCUT2D eigenvalue weighted by Gasteiger charge is 2.23. The van der Waals surface area contributed by atoms with E-state index in [4.69, 9.17) is 5.73 Å². The topological polar surface area (TPSA) is 61.6 Å². The fourth-order valence-electron chi connectivity index (χ4n) is 2.91. The Hall–Kier alpha value is -1.75. The Morgan fingerprint density at radius 1 is 1.48 bits per heavy atom. The maximum Gasteiger partial charge on any atom is 0.255 e. The molecule has 1 aromatic carbocycles. The van der Waals surface area contributed by atoms with Gasteiger partial charge in [0.1, 0.15) is 0 Å². The third kappa shape index (κ3) is 3.67. The molecule has 0 aromatic heterocycles. The molecule has 5 heteroatoms. The number of rotatable bonds is 5. The maximum absolute atomic E-state index is 12.2. The van der Waals surface area contributed by atoms with E-state index in [1.54, 1.807) is 31.1 Å². The SMILES string of the molecule is CCN1CCCC1CNc1cc(N)ccc1C(=O)N(C)C. The lowest BCUT2D eigenvalue weighted by Crippen LogP contribution is -2.35. The highest BCUT2D eigenvalue weighted by molar-refractivity contribution is 6.00. The molecule has 1 amide bonds. The number of nitrogen functional groups attached to an aromatic ring is 1. The summed E-state index contributed by atoms with van der Waals surface area (Å²) in [6, 6.07) is 5.96. The molecule has 0 spiro atoms. The third-order valence-corrected chi connectivity index (χ3v) is 4.11. The van der Waals surface area contributed by atoms with Gasteiger partial charge in [0.05, 0.1) is 5.56 Å². The zero-order valence-electron chi connectivity index (χ0n) is 13.2. The number of amides is 1. The van der Waals surface area contributed by atoms with E-state index in [1.807, 2.05) is 6.07 Å². The number of carbonyl (C=O) groups is 1. The van der Waals surface area contributed by atoms with Gasteiger partial charge in [0.15, 0.2) is 0 Å². The van der Waals surface area contributed by atoms with Gasteiger partial charge >= 0.3 is 0 Å². The number of likely N-dealkylation sites (tertiary alicyclic amines) is 1. The molecule has 0 aliphatic carbocycles. The van der Waals surface area contributed by atoms with E-state index in [-0.39, 0.29) is 5.91 Å². The average molecular weight is 290 g/mol. The van der Waals surface area contributed by atoms with Crippen LogP contribution in [0.2, 0.25) is 0 Å². The minimum atomic E-state index is -0.00345. The number of hydrogen-bond acceptors (Lipinski definition) is 4. The van der Waals surface area contributed by atoms with Crippen molar-refractivity contribution in [2.45, 2.75) is 25.8 Å². The molecule has 21 heavy (non-hydrogen) atoms. The van der Waals surface area contributed by atoms with Crippen LogP contribution < -0.4 is 11.1 Å². The number of likely N-dealkylation sites (N-methyl/N-ethyl adjacent to an activating group) is 1. The Kier molecular flexibility index (Phi) is 5.07. The normalized spacial score (nSPS) is 18.7. The summed E-state index contributed by atoms with van der Waals surface area (Å²) in [5.74, 6) is -0.00345. The molecule has 1 unspecified atom stereocenters. The van der Waals surface area contributed by atoms with Gasteiger partial charge in [0.25, 0.3) is 5.91 Å². The highest BCUT2D eigenvalue weighted by Crippen LogP contribution is 2.22. The van der Waals surface area contributed by atoms with E-state index in [2.05, 4.69) is 17.1 Å². The third-order valence-electron chi connectivity index (χ3n) is 4.11. The van der Waals surface area contributed by atoms with E-state index < -0.39 is 0 Å². The number of benzene rings is 1. The molecule has 1 aliphatic heterocycles. The van der Waals surface area contributed by atoms with Crippen molar-refractivity contribution in [3.8, 4) is 0 Å². The van der Waals surface area contributed by atoms with Crippen molar-refractivity contribution in [3.63, 3.8) is 0 Å². The molecule has 1 atom stereocenters.